The standard InChI is InChI=1S/C18H23NO/c1-4-11-20-17-9-7-16(8-10-17)18-12-15(13-19-3)6-5-14(18)2/h5-10,12,19H,4,11,13H2,1-3H3. The Morgan fingerprint density at radius 1 is 1.05 bits per heavy atom. The molecule has 0 unspecified atom stereocenters. The topological polar surface area (TPSA) is 21.3 Å². The van der Waals surface area contributed by atoms with Crippen molar-refractivity contribution in [2.75, 3.05) is 13.7 Å². The summed E-state index contributed by atoms with van der Waals surface area (Å²) in [6.07, 6.45) is 1.03. The average Bonchev–Trinajstić information content (AvgIpc) is 2.48. The Labute approximate surface area is 121 Å². The van der Waals surface area contributed by atoms with Crippen LogP contribution in [0.3, 0.4) is 0 Å². The predicted molar refractivity (Wildman–Crippen MR) is 85.2 cm³/mol. The molecule has 0 aromatic heterocycles. The third-order valence-electron chi connectivity index (χ3n) is 3.32. The molecule has 0 fully saturated rings. The molecule has 0 saturated heterocycles. The molecule has 0 saturated carbocycles. The third-order valence-corrected chi connectivity index (χ3v) is 3.32. The highest BCUT2D eigenvalue weighted by Gasteiger charge is 2.04. The van der Waals surface area contributed by atoms with Crippen LogP contribution in [0.2, 0.25) is 0 Å². The van der Waals surface area contributed by atoms with Gasteiger partial charge in [0.05, 0.1) is 6.61 Å². The minimum absolute atomic E-state index is 0.774. The maximum atomic E-state index is 5.63. The van der Waals surface area contributed by atoms with Crippen LogP contribution in [0.15, 0.2) is 42.5 Å². The molecule has 1 N–H and O–H groups in total. The Kier molecular flexibility index (Phi) is 5.19. The number of ether oxygens (including phenoxy) is 1. The van der Waals surface area contributed by atoms with Gasteiger partial charge in [-0.25, -0.2) is 0 Å². The summed E-state index contributed by atoms with van der Waals surface area (Å²) in [6.45, 7) is 5.94. The SMILES string of the molecule is CCCOc1ccc(-c2cc(CNC)ccc2C)cc1. The molecule has 2 rings (SSSR count). The van der Waals surface area contributed by atoms with Crippen LogP contribution < -0.4 is 10.1 Å². The van der Waals surface area contributed by atoms with E-state index in [1.165, 1.54) is 22.3 Å². The first-order chi connectivity index (χ1) is 9.74. The Hall–Kier alpha value is -1.80. The van der Waals surface area contributed by atoms with E-state index in [9.17, 15) is 0 Å². The molecule has 0 bridgehead atoms. The molecule has 0 atom stereocenters. The van der Waals surface area contributed by atoms with Crippen molar-refractivity contribution >= 4 is 0 Å². The number of hydrogen-bond donors (Lipinski definition) is 1. The summed E-state index contributed by atoms with van der Waals surface area (Å²) in [5.74, 6) is 0.944. The van der Waals surface area contributed by atoms with Crippen LogP contribution in [0, 0.1) is 6.92 Å². The van der Waals surface area contributed by atoms with Gasteiger partial charge in [-0.1, -0.05) is 31.2 Å². The monoisotopic (exact) mass is 269 g/mol. The minimum atomic E-state index is 0.774. The molecule has 2 heteroatoms. The van der Waals surface area contributed by atoms with Crippen molar-refractivity contribution in [2.45, 2.75) is 26.8 Å². The molecular formula is C18H23NO. The fourth-order valence-corrected chi connectivity index (χ4v) is 2.24. The summed E-state index contributed by atoms with van der Waals surface area (Å²) >= 11 is 0. The van der Waals surface area contributed by atoms with Crippen molar-refractivity contribution in [1.29, 1.82) is 0 Å². The van der Waals surface area contributed by atoms with Crippen molar-refractivity contribution in [1.82, 2.24) is 5.32 Å². The Balaban J connectivity index is 2.24. The second-order valence-corrected chi connectivity index (χ2v) is 5.05. The van der Waals surface area contributed by atoms with Gasteiger partial charge in [-0.15, -0.1) is 0 Å². The van der Waals surface area contributed by atoms with Crippen LogP contribution in [0.25, 0.3) is 11.1 Å². The van der Waals surface area contributed by atoms with Crippen molar-refractivity contribution < 1.29 is 4.74 Å². The lowest BCUT2D eigenvalue weighted by Gasteiger charge is -2.10. The number of rotatable bonds is 6. The van der Waals surface area contributed by atoms with E-state index in [-0.39, 0.29) is 0 Å². The number of nitrogens with one attached hydrogen (secondary N) is 1. The summed E-state index contributed by atoms with van der Waals surface area (Å²) in [5, 5.41) is 3.19. The van der Waals surface area contributed by atoms with E-state index in [1.807, 2.05) is 7.05 Å². The molecular weight excluding hydrogens is 246 g/mol. The zero-order valence-electron chi connectivity index (χ0n) is 12.6. The average molecular weight is 269 g/mol. The van der Waals surface area contributed by atoms with Gasteiger partial charge in [-0.05, 0) is 60.8 Å². The molecule has 0 heterocycles. The highest BCUT2D eigenvalue weighted by molar-refractivity contribution is 5.68. The fourth-order valence-electron chi connectivity index (χ4n) is 2.24. The van der Waals surface area contributed by atoms with Crippen molar-refractivity contribution in [3.05, 3.63) is 53.6 Å². The van der Waals surface area contributed by atoms with Gasteiger partial charge in [-0.2, -0.15) is 0 Å². The van der Waals surface area contributed by atoms with Crippen LogP contribution in [0.5, 0.6) is 5.75 Å². The number of hydrogen-bond acceptors (Lipinski definition) is 2. The second kappa shape index (κ2) is 7.11. The van der Waals surface area contributed by atoms with E-state index in [0.717, 1.165) is 25.3 Å². The van der Waals surface area contributed by atoms with Crippen LogP contribution in [0.4, 0.5) is 0 Å². The van der Waals surface area contributed by atoms with Crippen LogP contribution in [-0.2, 0) is 6.54 Å². The van der Waals surface area contributed by atoms with E-state index < -0.39 is 0 Å². The van der Waals surface area contributed by atoms with E-state index in [0.29, 0.717) is 0 Å². The lowest BCUT2D eigenvalue weighted by Crippen LogP contribution is -2.05. The maximum Gasteiger partial charge on any atom is 0.119 e. The molecule has 0 spiro atoms. The van der Waals surface area contributed by atoms with Crippen LogP contribution in [-0.4, -0.2) is 13.7 Å². The van der Waals surface area contributed by atoms with Crippen LogP contribution in [0.1, 0.15) is 24.5 Å². The molecule has 0 aliphatic heterocycles. The van der Waals surface area contributed by atoms with Gasteiger partial charge in [-0.3, -0.25) is 0 Å². The molecule has 0 radical (unpaired) electrons. The first-order valence-corrected chi connectivity index (χ1v) is 7.22. The third kappa shape index (κ3) is 3.61. The first-order valence-electron chi connectivity index (χ1n) is 7.22. The van der Waals surface area contributed by atoms with Gasteiger partial charge < -0.3 is 10.1 Å². The van der Waals surface area contributed by atoms with E-state index in [1.54, 1.807) is 0 Å². The van der Waals surface area contributed by atoms with Crippen LogP contribution >= 0.6 is 0 Å². The lowest BCUT2D eigenvalue weighted by molar-refractivity contribution is 0.317. The fraction of sp³-hybridized carbons (Fsp3) is 0.333. The predicted octanol–water partition coefficient (Wildman–Crippen LogP) is 4.17. The number of aryl methyl sites for hydroxylation is 1. The van der Waals surface area contributed by atoms with Gasteiger partial charge in [0.15, 0.2) is 0 Å². The molecule has 106 valence electrons. The molecule has 0 aliphatic rings. The minimum Gasteiger partial charge on any atom is -0.494 e. The van der Waals surface area contributed by atoms with Crippen molar-refractivity contribution in [3.63, 3.8) is 0 Å². The number of benzene rings is 2. The summed E-state index contributed by atoms with van der Waals surface area (Å²) in [4.78, 5) is 0. The smallest absolute Gasteiger partial charge is 0.119 e. The highest BCUT2D eigenvalue weighted by Crippen LogP contribution is 2.26. The Morgan fingerprint density at radius 3 is 2.45 bits per heavy atom. The molecule has 2 aromatic rings. The van der Waals surface area contributed by atoms with E-state index in [4.69, 9.17) is 4.74 Å². The lowest BCUT2D eigenvalue weighted by atomic mass is 9.98. The summed E-state index contributed by atoms with van der Waals surface area (Å²) < 4.78 is 5.63. The van der Waals surface area contributed by atoms with Gasteiger partial charge in [0, 0.05) is 6.54 Å². The highest BCUT2D eigenvalue weighted by atomic mass is 16.5. The van der Waals surface area contributed by atoms with Gasteiger partial charge in [0.2, 0.25) is 0 Å². The normalized spacial score (nSPS) is 10.6. The molecule has 2 nitrogen and oxygen atoms in total. The summed E-state index contributed by atoms with van der Waals surface area (Å²) in [6, 6.07) is 15.0. The van der Waals surface area contributed by atoms with Crippen molar-refractivity contribution in [3.8, 4) is 16.9 Å². The van der Waals surface area contributed by atoms with Crippen molar-refractivity contribution in [2.24, 2.45) is 0 Å². The van der Waals surface area contributed by atoms with E-state index in [2.05, 4.69) is 61.6 Å². The molecule has 20 heavy (non-hydrogen) atoms. The summed E-state index contributed by atoms with van der Waals surface area (Å²) in [7, 11) is 1.97. The Bertz CT molecular complexity index is 546. The molecule has 0 amide bonds. The Morgan fingerprint density at radius 2 is 1.80 bits per heavy atom. The van der Waals surface area contributed by atoms with Gasteiger partial charge in [0.1, 0.15) is 5.75 Å². The second-order valence-electron chi connectivity index (χ2n) is 5.05. The zero-order chi connectivity index (χ0) is 14.4. The van der Waals surface area contributed by atoms with Gasteiger partial charge in [0.25, 0.3) is 0 Å². The maximum absolute atomic E-state index is 5.63. The molecule has 0 aliphatic carbocycles. The quantitative estimate of drug-likeness (QED) is 0.849. The molecule has 2 aromatic carbocycles. The zero-order valence-corrected chi connectivity index (χ0v) is 12.6. The first kappa shape index (κ1) is 14.6. The van der Waals surface area contributed by atoms with E-state index >= 15 is 0 Å². The largest absolute Gasteiger partial charge is 0.494 e. The summed E-state index contributed by atoms with van der Waals surface area (Å²) in [5.41, 5.74) is 5.13. The van der Waals surface area contributed by atoms with Gasteiger partial charge >= 0.3 is 0 Å².